The summed E-state index contributed by atoms with van der Waals surface area (Å²) in [6.07, 6.45) is -1.45. The van der Waals surface area contributed by atoms with Crippen LogP contribution in [0.1, 0.15) is 11.7 Å². The lowest BCUT2D eigenvalue weighted by atomic mass is 10.1. The number of rotatable bonds is 3. The summed E-state index contributed by atoms with van der Waals surface area (Å²) in [5.74, 6) is -0.528. The molecule has 0 aromatic heterocycles. The molecule has 0 heterocycles. The molecule has 0 fully saturated rings. The lowest BCUT2D eigenvalue weighted by Gasteiger charge is -2.13. The van der Waals surface area contributed by atoms with Crippen LogP contribution in [0, 0.1) is 0 Å². The summed E-state index contributed by atoms with van der Waals surface area (Å²) < 4.78 is 4.95. The quantitative estimate of drug-likeness (QED) is 0.786. The van der Waals surface area contributed by atoms with Crippen LogP contribution in [-0.2, 0) is 4.79 Å². The number of carbonyl (C=O) groups excluding carboxylic acids is 1. The van der Waals surface area contributed by atoms with E-state index in [0.717, 1.165) is 0 Å². The first kappa shape index (κ1) is 10.8. The fourth-order valence-corrected chi connectivity index (χ4v) is 1.37. The second kappa shape index (κ2) is 4.30. The summed E-state index contributed by atoms with van der Waals surface area (Å²) in [5, 5.41) is 9.70. The number of benzene rings is 1. The first-order valence-electron chi connectivity index (χ1n) is 3.87. The molecule has 4 nitrogen and oxygen atoms in total. The molecular weight excluding hydrogens is 206 g/mol. The Kier molecular flexibility index (Phi) is 3.33. The zero-order valence-electron chi connectivity index (χ0n) is 7.53. The molecule has 1 atom stereocenters. The molecule has 3 N–H and O–H groups in total. The van der Waals surface area contributed by atoms with Gasteiger partial charge < -0.3 is 15.6 Å². The fraction of sp³-hybridized carbons (Fsp3) is 0.222. The molecular formula is C9H10ClNO3. The predicted molar refractivity (Wildman–Crippen MR) is 52.2 cm³/mol. The average molecular weight is 216 g/mol. The number of nitrogens with two attached hydrogens (primary N) is 1. The van der Waals surface area contributed by atoms with Crippen LogP contribution in [-0.4, -0.2) is 18.1 Å². The molecule has 1 aromatic rings. The van der Waals surface area contributed by atoms with Crippen molar-refractivity contribution in [2.24, 2.45) is 5.73 Å². The number of halogens is 1. The Hall–Kier alpha value is -1.26. The van der Waals surface area contributed by atoms with Gasteiger partial charge in [-0.1, -0.05) is 17.7 Å². The van der Waals surface area contributed by atoms with Gasteiger partial charge in [-0.3, -0.25) is 4.79 Å². The van der Waals surface area contributed by atoms with Crippen LogP contribution < -0.4 is 10.5 Å². The summed E-state index contributed by atoms with van der Waals surface area (Å²) in [6, 6.07) is 4.79. The maximum absolute atomic E-state index is 10.8. The second-order valence-electron chi connectivity index (χ2n) is 2.66. The molecule has 14 heavy (non-hydrogen) atoms. The standard InChI is InChI=1S/C9H10ClNO3/c1-14-6-4-2-3-5(10)7(6)8(12)9(11)13/h2-4,8,12H,1H3,(H2,11,13)/t8-/m0/s1. The van der Waals surface area contributed by atoms with Crippen LogP contribution in [0.15, 0.2) is 18.2 Å². The Balaban J connectivity index is 3.23. The molecule has 1 rings (SSSR count). The molecule has 0 bridgehead atoms. The number of carbonyl (C=O) groups is 1. The van der Waals surface area contributed by atoms with E-state index in [1.54, 1.807) is 18.2 Å². The molecule has 5 heteroatoms. The van der Waals surface area contributed by atoms with Crippen molar-refractivity contribution in [1.29, 1.82) is 0 Å². The molecule has 0 aliphatic carbocycles. The highest BCUT2D eigenvalue weighted by molar-refractivity contribution is 6.31. The lowest BCUT2D eigenvalue weighted by molar-refractivity contribution is -0.126. The zero-order valence-corrected chi connectivity index (χ0v) is 8.28. The Morgan fingerprint density at radius 3 is 2.79 bits per heavy atom. The SMILES string of the molecule is COc1cccc(Cl)c1[C@H](O)C(N)=O. The second-order valence-corrected chi connectivity index (χ2v) is 3.07. The smallest absolute Gasteiger partial charge is 0.251 e. The van der Waals surface area contributed by atoms with Crippen molar-refractivity contribution in [2.45, 2.75) is 6.10 Å². The number of hydrogen-bond acceptors (Lipinski definition) is 3. The van der Waals surface area contributed by atoms with Gasteiger partial charge >= 0.3 is 0 Å². The third-order valence-electron chi connectivity index (χ3n) is 1.78. The van der Waals surface area contributed by atoms with Crippen molar-refractivity contribution in [3.05, 3.63) is 28.8 Å². The Bertz CT molecular complexity index is 354. The highest BCUT2D eigenvalue weighted by Crippen LogP contribution is 2.31. The van der Waals surface area contributed by atoms with Crippen molar-refractivity contribution in [1.82, 2.24) is 0 Å². The van der Waals surface area contributed by atoms with Gasteiger partial charge in [0.25, 0.3) is 5.91 Å². The molecule has 0 saturated heterocycles. The van der Waals surface area contributed by atoms with Crippen LogP contribution in [0.4, 0.5) is 0 Å². The normalized spacial score (nSPS) is 12.2. The van der Waals surface area contributed by atoms with Crippen molar-refractivity contribution in [3.8, 4) is 5.75 Å². The van der Waals surface area contributed by atoms with E-state index in [2.05, 4.69) is 0 Å². The third-order valence-corrected chi connectivity index (χ3v) is 2.11. The van der Waals surface area contributed by atoms with Gasteiger partial charge in [-0.05, 0) is 12.1 Å². The zero-order chi connectivity index (χ0) is 10.7. The molecule has 0 spiro atoms. The van der Waals surface area contributed by atoms with E-state index in [9.17, 15) is 9.90 Å². The fourth-order valence-electron chi connectivity index (χ4n) is 1.10. The first-order chi connectivity index (χ1) is 6.57. The highest BCUT2D eigenvalue weighted by atomic mass is 35.5. The topological polar surface area (TPSA) is 72.6 Å². The molecule has 0 radical (unpaired) electrons. The highest BCUT2D eigenvalue weighted by Gasteiger charge is 2.21. The Labute approximate surface area is 86.2 Å². The van der Waals surface area contributed by atoms with Gasteiger partial charge in [0.05, 0.1) is 17.7 Å². The predicted octanol–water partition coefficient (Wildman–Crippen LogP) is 0.867. The third kappa shape index (κ3) is 1.97. The molecule has 1 aromatic carbocycles. The minimum Gasteiger partial charge on any atom is -0.496 e. The van der Waals surface area contributed by atoms with E-state index < -0.39 is 12.0 Å². The van der Waals surface area contributed by atoms with E-state index in [1.807, 2.05) is 0 Å². The molecule has 76 valence electrons. The van der Waals surface area contributed by atoms with Gasteiger partial charge in [-0.25, -0.2) is 0 Å². The minimum absolute atomic E-state index is 0.198. The number of methoxy groups -OCH3 is 1. The number of ether oxygens (including phenoxy) is 1. The molecule has 0 saturated carbocycles. The lowest BCUT2D eigenvalue weighted by Crippen LogP contribution is -2.21. The number of aliphatic hydroxyl groups is 1. The number of aliphatic hydroxyl groups excluding tert-OH is 1. The van der Waals surface area contributed by atoms with Gasteiger partial charge in [0.2, 0.25) is 0 Å². The van der Waals surface area contributed by atoms with Gasteiger partial charge in [0.15, 0.2) is 6.10 Å². The first-order valence-corrected chi connectivity index (χ1v) is 4.25. The van der Waals surface area contributed by atoms with Crippen molar-refractivity contribution < 1.29 is 14.6 Å². The van der Waals surface area contributed by atoms with E-state index >= 15 is 0 Å². The molecule has 0 aliphatic rings. The summed E-state index contributed by atoms with van der Waals surface area (Å²) in [5.41, 5.74) is 5.16. The summed E-state index contributed by atoms with van der Waals surface area (Å²) in [4.78, 5) is 10.8. The van der Waals surface area contributed by atoms with Crippen molar-refractivity contribution in [3.63, 3.8) is 0 Å². The Morgan fingerprint density at radius 2 is 2.29 bits per heavy atom. The van der Waals surface area contributed by atoms with Crippen LogP contribution in [0.2, 0.25) is 5.02 Å². The van der Waals surface area contributed by atoms with Crippen LogP contribution in [0.25, 0.3) is 0 Å². The maximum Gasteiger partial charge on any atom is 0.251 e. The molecule has 0 aliphatic heterocycles. The van der Waals surface area contributed by atoms with Gasteiger partial charge in [0.1, 0.15) is 5.75 Å². The van der Waals surface area contributed by atoms with Crippen LogP contribution >= 0.6 is 11.6 Å². The number of primary amides is 1. The minimum atomic E-state index is -1.45. The van der Waals surface area contributed by atoms with Crippen molar-refractivity contribution in [2.75, 3.05) is 7.11 Å². The summed E-state index contributed by atoms with van der Waals surface area (Å²) >= 11 is 5.80. The van der Waals surface area contributed by atoms with E-state index in [4.69, 9.17) is 22.1 Å². The number of amides is 1. The monoisotopic (exact) mass is 215 g/mol. The Morgan fingerprint density at radius 1 is 1.64 bits per heavy atom. The molecule has 0 unspecified atom stereocenters. The van der Waals surface area contributed by atoms with Gasteiger partial charge in [-0.2, -0.15) is 0 Å². The van der Waals surface area contributed by atoms with E-state index in [1.165, 1.54) is 7.11 Å². The van der Waals surface area contributed by atoms with E-state index in [-0.39, 0.29) is 10.6 Å². The largest absolute Gasteiger partial charge is 0.496 e. The summed E-state index contributed by atoms with van der Waals surface area (Å²) in [6.45, 7) is 0. The average Bonchev–Trinajstić information content (AvgIpc) is 2.16. The maximum atomic E-state index is 10.8. The van der Waals surface area contributed by atoms with Gasteiger partial charge in [0, 0.05) is 0 Å². The van der Waals surface area contributed by atoms with E-state index in [0.29, 0.717) is 5.75 Å². The van der Waals surface area contributed by atoms with Gasteiger partial charge in [-0.15, -0.1) is 0 Å². The molecule has 1 amide bonds. The van der Waals surface area contributed by atoms with Crippen molar-refractivity contribution >= 4 is 17.5 Å². The summed E-state index contributed by atoms with van der Waals surface area (Å²) in [7, 11) is 1.42. The number of hydrogen-bond donors (Lipinski definition) is 2. The van der Waals surface area contributed by atoms with Crippen LogP contribution in [0.3, 0.4) is 0 Å². The van der Waals surface area contributed by atoms with Crippen LogP contribution in [0.5, 0.6) is 5.75 Å².